The van der Waals surface area contributed by atoms with E-state index in [0.29, 0.717) is 29.3 Å². The van der Waals surface area contributed by atoms with E-state index in [4.69, 9.17) is 5.26 Å². The Labute approximate surface area is 140 Å². The number of anilines is 1. The first-order chi connectivity index (χ1) is 11.5. The van der Waals surface area contributed by atoms with E-state index in [-0.39, 0.29) is 11.5 Å². The second-order valence-corrected chi connectivity index (χ2v) is 5.68. The molecule has 2 N–H and O–H groups in total. The average molecular weight is 322 g/mol. The number of nitriles is 1. The van der Waals surface area contributed by atoms with Gasteiger partial charge < -0.3 is 10.6 Å². The number of para-hydroxylation sites is 1. The van der Waals surface area contributed by atoms with Crippen LogP contribution in [0.25, 0.3) is 0 Å². The van der Waals surface area contributed by atoms with Gasteiger partial charge in [0, 0.05) is 18.9 Å². The lowest BCUT2D eigenvalue weighted by atomic mass is 10.1. The first kappa shape index (κ1) is 17.2. The normalized spacial score (nSPS) is 10.1. The van der Waals surface area contributed by atoms with Crippen LogP contribution in [0, 0.1) is 17.2 Å². The van der Waals surface area contributed by atoms with Gasteiger partial charge in [0.15, 0.2) is 0 Å². The van der Waals surface area contributed by atoms with Gasteiger partial charge in [0.25, 0.3) is 11.8 Å². The molecule has 0 aliphatic carbocycles. The summed E-state index contributed by atoms with van der Waals surface area (Å²) in [5.74, 6) is -0.372. The van der Waals surface area contributed by atoms with Crippen LogP contribution in [0.3, 0.4) is 0 Å². The molecular weight excluding hydrogens is 304 g/mol. The Kier molecular flexibility index (Phi) is 5.63. The molecule has 0 saturated carbocycles. The van der Waals surface area contributed by atoms with E-state index in [1.807, 2.05) is 19.9 Å². The van der Waals surface area contributed by atoms with E-state index in [1.54, 1.807) is 24.3 Å². The molecule has 0 aliphatic heterocycles. The summed E-state index contributed by atoms with van der Waals surface area (Å²) in [5, 5.41) is 14.5. The molecule has 0 spiro atoms. The van der Waals surface area contributed by atoms with E-state index in [1.165, 1.54) is 18.5 Å². The van der Waals surface area contributed by atoms with Crippen LogP contribution in [0.5, 0.6) is 0 Å². The van der Waals surface area contributed by atoms with E-state index in [0.717, 1.165) is 0 Å². The van der Waals surface area contributed by atoms with Crippen molar-refractivity contribution in [2.75, 3.05) is 11.9 Å². The molecule has 6 nitrogen and oxygen atoms in total. The largest absolute Gasteiger partial charge is 0.352 e. The molecule has 1 aromatic carbocycles. The van der Waals surface area contributed by atoms with Gasteiger partial charge >= 0.3 is 0 Å². The number of pyridine rings is 1. The van der Waals surface area contributed by atoms with Crippen molar-refractivity contribution < 1.29 is 9.59 Å². The van der Waals surface area contributed by atoms with Crippen molar-refractivity contribution in [3.05, 3.63) is 59.4 Å². The van der Waals surface area contributed by atoms with Crippen LogP contribution in [0.1, 0.15) is 40.1 Å². The second kappa shape index (κ2) is 7.88. The number of aromatic nitrogens is 1. The zero-order valence-corrected chi connectivity index (χ0v) is 13.5. The average Bonchev–Trinajstić information content (AvgIpc) is 2.60. The summed E-state index contributed by atoms with van der Waals surface area (Å²) in [5.41, 5.74) is 1.35. The number of nitrogens with one attached hydrogen (secondary N) is 2. The summed E-state index contributed by atoms with van der Waals surface area (Å²) in [6.07, 6.45) is 2.79. The van der Waals surface area contributed by atoms with E-state index >= 15 is 0 Å². The van der Waals surface area contributed by atoms with Crippen molar-refractivity contribution in [1.29, 1.82) is 5.26 Å². The SMILES string of the molecule is CC(C)CNC(=O)c1cncc(C(=O)Nc2ccccc2C#N)c1. The Hall–Kier alpha value is -3.20. The van der Waals surface area contributed by atoms with Crippen LogP contribution >= 0.6 is 0 Å². The summed E-state index contributed by atoms with van der Waals surface area (Å²) in [6, 6.07) is 10.2. The molecule has 0 aliphatic rings. The van der Waals surface area contributed by atoms with Crippen molar-refractivity contribution in [2.45, 2.75) is 13.8 Å². The molecule has 1 aromatic heterocycles. The number of rotatable bonds is 5. The van der Waals surface area contributed by atoms with Gasteiger partial charge in [-0.25, -0.2) is 0 Å². The first-order valence-electron chi connectivity index (χ1n) is 7.55. The minimum absolute atomic E-state index is 0.250. The fourth-order valence-corrected chi connectivity index (χ4v) is 1.97. The van der Waals surface area contributed by atoms with Gasteiger partial charge in [0.05, 0.1) is 22.4 Å². The molecule has 2 rings (SSSR count). The molecule has 0 radical (unpaired) electrons. The van der Waals surface area contributed by atoms with Gasteiger partial charge in [0.2, 0.25) is 0 Å². The minimum Gasteiger partial charge on any atom is -0.352 e. The summed E-state index contributed by atoms with van der Waals surface area (Å²) in [7, 11) is 0. The third kappa shape index (κ3) is 4.40. The fourth-order valence-electron chi connectivity index (χ4n) is 1.97. The molecule has 24 heavy (non-hydrogen) atoms. The standard InChI is InChI=1S/C18H18N4O2/c1-12(2)9-21-17(23)14-7-15(11-20-10-14)18(24)22-16-6-4-3-5-13(16)8-19/h3-7,10-12H,9H2,1-2H3,(H,21,23)(H,22,24). The Bertz CT molecular complexity index is 794. The topological polar surface area (TPSA) is 94.9 Å². The highest BCUT2D eigenvalue weighted by Gasteiger charge is 2.13. The number of nitrogens with zero attached hydrogens (tertiary/aromatic N) is 2. The maximum absolute atomic E-state index is 12.3. The molecule has 0 unspecified atom stereocenters. The van der Waals surface area contributed by atoms with Crippen LogP contribution in [-0.2, 0) is 0 Å². The van der Waals surface area contributed by atoms with Crippen LogP contribution < -0.4 is 10.6 Å². The maximum Gasteiger partial charge on any atom is 0.257 e. The Balaban J connectivity index is 2.14. The molecule has 0 atom stereocenters. The van der Waals surface area contributed by atoms with Crippen molar-refractivity contribution in [3.8, 4) is 6.07 Å². The smallest absolute Gasteiger partial charge is 0.257 e. The zero-order chi connectivity index (χ0) is 17.5. The number of benzene rings is 1. The Morgan fingerprint density at radius 2 is 1.83 bits per heavy atom. The summed E-state index contributed by atoms with van der Waals surface area (Å²) in [4.78, 5) is 28.3. The highest BCUT2D eigenvalue weighted by atomic mass is 16.2. The fraction of sp³-hybridized carbons (Fsp3) is 0.222. The highest BCUT2D eigenvalue weighted by Crippen LogP contribution is 2.15. The lowest BCUT2D eigenvalue weighted by Crippen LogP contribution is -2.27. The third-order valence-corrected chi connectivity index (χ3v) is 3.23. The second-order valence-electron chi connectivity index (χ2n) is 5.68. The van der Waals surface area contributed by atoms with Crippen molar-refractivity contribution in [2.24, 2.45) is 5.92 Å². The summed E-state index contributed by atoms with van der Waals surface area (Å²) < 4.78 is 0. The van der Waals surface area contributed by atoms with Crippen molar-refractivity contribution in [3.63, 3.8) is 0 Å². The molecule has 122 valence electrons. The number of hydrogen-bond acceptors (Lipinski definition) is 4. The van der Waals surface area contributed by atoms with Crippen LogP contribution in [0.2, 0.25) is 0 Å². The minimum atomic E-state index is -0.427. The third-order valence-electron chi connectivity index (χ3n) is 3.23. The Morgan fingerprint density at radius 3 is 2.50 bits per heavy atom. The number of amides is 2. The van der Waals surface area contributed by atoms with Gasteiger partial charge in [-0.05, 0) is 24.1 Å². The molecule has 2 amide bonds. The van der Waals surface area contributed by atoms with Gasteiger partial charge in [-0.1, -0.05) is 26.0 Å². The summed E-state index contributed by atoms with van der Waals surface area (Å²) >= 11 is 0. The molecule has 0 fully saturated rings. The Morgan fingerprint density at radius 1 is 1.17 bits per heavy atom. The number of hydrogen-bond donors (Lipinski definition) is 2. The van der Waals surface area contributed by atoms with Gasteiger partial charge in [0.1, 0.15) is 6.07 Å². The van der Waals surface area contributed by atoms with Crippen molar-refractivity contribution >= 4 is 17.5 Å². The lowest BCUT2D eigenvalue weighted by molar-refractivity contribution is 0.0948. The monoisotopic (exact) mass is 322 g/mol. The quantitative estimate of drug-likeness (QED) is 0.884. The van der Waals surface area contributed by atoms with Crippen molar-refractivity contribution in [1.82, 2.24) is 10.3 Å². The van der Waals surface area contributed by atoms with E-state index < -0.39 is 5.91 Å². The van der Waals surface area contributed by atoms with E-state index in [2.05, 4.69) is 15.6 Å². The number of carbonyl (C=O) groups is 2. The predicted octanol–water partition coefficient (Wildman–Crippen LogP) is 2.59. The number of carbonyl (C=O) groups excluding carboxylic acids is 2. The van der Waals surface area contributed by atoms with Gasteiger partial charge in [-0.15, -0.1) is 0 Å². The maximum atomic E-state index is 12.3. The van der Waals surface area contributed by atoms with Gasteiger partial charge in [-0.2, -0.15) is 5.26 Å². The van der Waals surface area contributed by atoms with Crippen LogP contribution in [0.4, 0.5) is 5.69 Å². The molecule has 2 aromatic rings. The molecule has 0 bridgehead atoms. The lowest BCUT2D eigenvalue weighted by Gasteiger charge is -2.09. The van der Waals surface area contributed by atoms with Crippen LogP contribution in [-0.4, -0.2) is 23.3 Å². The zero-order valence-electron chi connectivity index (χ0n) is 13.5. The highest BCUT2D eigenvalue weighted by molar-refractivity contribution is 6.06. The molecule has 6 heteroatoms. The molecule has 1 heterocycles. The van der Waals surface area contributed by atoms with E-state index in [9.17, 15) is 9.59 Å². The first-order valence-corrected chi connectivity index (χ1v) is 7.55. The molecular formula is C18H18N4O2. The predicted molar refractivity (Wildman–Crippen MR) is 90.5 cm³/mol. The molecule has 0 saturated heterocycles. The summed E-state index contributed by atoms with van der Waals surface area (Å²) in [6.45, 7) is 4.54. The van der Waals surface area contributed by atoms with Crippen LogP contribution in [0.15, 0.2) is 42.7 Å². The van der Waals surface area contributed by atoms with Gasteiger partial charge in [-0.3, -0.25) is 14.6 Å².